The molecule has 2 atom stereocenters. The first-order chi connectivity index (χ1) is 14.4. The summed E-state index contributed by atoms with van der Waals surface area (Å²) < 4.78 is 0. The first kappa shape index (κ1) is 19.9. The molecule has 4 rings (SSSR count). The number of hydrogen-bond acceptors (Lipinski definition) is 7. The van der Waals surface area contributed by atoms with Gasteiger partial charge in [-0.3, -0.25) is 4.79 Å². The van der Waals surface area contributed by atoms with Gasteiger partial charge < -0.3 is 16.8 Å². The molecule has 0 amide bonds. The molecule has 2 aromatic carbocycles. The summed E-state index contributed by atoms with van der Waals surface area (Å²) in [6, 6.07) is 11.7. The lowest BCUT2D eigenvalue weighted by Gasteiger charge is -2.30. The van der Waals surface area contributed by atoms with Gasteiger partial charge in [0.05, 0.1) is 12.0 Å². The molecule has 154 valence electrons. The highest BCUT2D eigenvalue weighted by Crippen LogP contribution is 2.54. The van der Waals surface area contributed by atoms with Crippen molar-refractivity contribution in [1.29, 1.82) is 0 Å². The molecule has 0 bridgehead atoms. The number of rotatable bonds is 7. The number of aromatic amines is 1. The molecule has 0 fully saturated rings. The number of benzene rings is 2. The van der Waals surface area contributed by atoms with E-state index in [0.717, 1.165) is 33.5 Å². The van der Waals surface area contributed by atoms with Crippen molar-refractivity contribution >= 4 is 11.5 Å². The van der Waals surface area contributed by atoms with Crippen molar-refractivity contribution < 1.29 is 4.79 Å². The van der Waals surface area contributed by atoms with Gasteiger partial charge in [0.2, 0.25) is 0 Å². The zero-order chi connectivity index (χ0) is 21.5. The van der Waals surface area contributed by atoms with Gasteiger partial charge in [0.15, 0.2) is 11.6 Å². The van der Waals surface area contributed by atoms with Crippen LogP contribution < -0.4 is 16.8 Å². The molecule has 0 saturated heterocycles. The summed E-state index contributed by atoms with van der Waals surface area (Å²) in [5.74, 6) is 0.442. The second-order valence-electron chi connectivity index (χ2n) is 7.70. The second-order valence-corrected chi connectivity index (χ2v) is 7.70. The topological polar surface area (TPSA) is 136 Å². The number of nitrogens with two attached hydrogens (primary N) is 2. The third-order valence-electron chi connectivity index (χ3n) is 5.76. The lowest BCUT2D eigenvalue weighted by molar-refractivity contribution is 0.100. The highest BCUT2D eigenvalue weighted by atomic mass is 16.1. The van der Waals surface area contributed by atoms with Crippen molar-refractivity contribution in [2.75, 3.05) is 13.6 Å². The molecular weight excluding hydrogens is 378 g/mol. The van der Waals surface area contributed by atoms with Gasteiger partial charge in [-0.15, -0.1) is 10.2 Å². The van der Waals surface area contributed by atoms with Crippen LogP contribution in [0.2, 0.25) is 0 Å². The Morgan fingerprint density at radius 3 is 2.37 bits per heavy atom. The van der Waals surface area contributed by atoms with Crippen molar-refractivity contribution in [2.24, 2.45) is 11.5 Å². The normalized spacial score (nSPS) is 17.9. The summed E-state index contributed by atoms with van der Waals surface area (Å²) in [7, 11) is 1.83. The molecule has 0 spiro atoms. The van der Waals surface area contributed by atoms with Crippen molar-refractivity contribution in [2.45, 2.75) is 24.8 Å². The van der Waals surface area contributed by atoms with Gasteiger partial charge in [0.1, 0.15) is 0 Å². The van der Waals surface area contributed by atoms with Crippen molar-refractivity contribution in [3.8, 4) is 11.1 Å². The molecule has 8 nitrogen and oxygen atoms in total. The third-order valence-corrected chi connectivity index (χ3v) is 5.76. The Labute approximate surface area is 174 Å². The van der Waals surface area contributed by atoms with Crippen LogP contribution in [0.3, 0.4) is 0 Å². The van der Waals surface area contributed by atoms with Gasteiger partial charge in [-0.1, -0.05) is 36.1 Å². The van der Waals surface area contributed by atoms with Crippen LogP contribution in [-0.2, 0) is 5.41 Å². The quantitative estimate of drug-likeness (QED) is 0.440. The lowest BCUT2D eigenvalue weighted by atomic mass is 9.72. The predicted octanol–water partition coefficient (Wildman–Crippen LogP) is 1.58. The Morgan fingerprint density at radius 2 is 1.83 bits per heavy atom. The molecule has 6 N–H and O–H groups in total. The molecule has 1 aromatic heterocycles. The minimum Gasteiger partial charge on any atom is -0.388 e. The molecule has 1 unspecified atom stereocenters. The van der Waals surface area contributed by atoms with Crippen LogP contribution in [0.15, 0.2) is 43.0 Å². The minimum atomic E-state index is -0.671. The Morgan fingerprint density at radius 1 is 1.20 bits per heavy atom. The molecule has 1 aliphatic carbocycles. The fraction of sp³-hybridized carbons (Fsp3) is 0.273. The number of aromatic nitrogens is 4. The zero-order valence-corrected chi connectivity index (χ0v) is 17.1. The molecule has 8 heteroatoms. The van der Waals surface area contributed by atoms with Crippen LogP contribution in [-0.4, -0.2) is 46.0 Å². The summed E-state index contributed by atoms with van der Waals surface area (Å²) >= 11 is 0. The smallest absolute Gasteiger partial charge is 0.189 e. The van der Waals surface area contributed by atoms with Gasteiger partial charge >= 0.3 is 0 Å². The fourth-order valence-corrected chi connectivity index (χ4v) is 4.42. The number of H-pyrrole nitrogens is 1. The number of nitrogens with zero attached hydrogens (tertiary/aromatic N) is 3. The fourth-order valence-electron chi connectivity index (χ4n) is 4.42. The van der Waals surface area contributed by atoms with Crippen molar-refractivity contribution in [3.63, 3.8) is 0 Å². The average Bonchev–Trinajstić information content (AvgIpc) is 3.38. The second kappa shape index (κ2) is 7.47. The van der Waals surface area contributed by atoms with Crippen molar-refractivity contribution in [3.05, 3.63) is 71.1 Å². The Bertz CT molecular complexity index is 1050. The van der Waals surface area contributed by atoms with Crippen LogP contribution in [0.1, 0.15) is 46.2 Å². The van der Waals surface area contributed by atoms with Crippen LogP contribution in [0.5, 0.6) is 0 Å². The molecule has 30 heavy (non-hydrogen) atoms. The average molecular weight is 403 g/mol. The Balaban J connectivity index is 2.05. The van der Waals surface area contributed by atoms with Crippen LogP contribution in [0.25, 0.3) is 16.8 Å². The van der Waals surface area contributed by atoms with Crippen molar-refractivity contribution in [1.82, 2.24) is 25.9 Å². The van der Waals surface area contributed by atoms with E-state index in [0.29, 0.717) is 17.8 Å². The highest BCUT2D eigenvalue weighted by Gasteiger charge is 2.48. The number of carbonyl (C=O) groups is 1. The number of ketones is 1. The summed E-state index contributed by atoms with van der Waals surface area (Å²) in [5.41, 5.74) is 17.5. The van der Waals surface area contributed by atoms with E-state index in [1.54, 1.807) is 0 Å². The van der Waals surface area contributed by atoms with Crippen LogP contribution >= 0.6 is 0 Å². The largest absolute Gasteiger partial charge is 0.388 e. The minimum absolute atomic E-state index is 0.0436. The van der Waals surface area contributed by atoms with E-state index in [-0.39, 0.29) is 18.4 Å². The zero-order valence-electron chi connectivity index (χ0n) is 17.1. The van der Waals surface area contributed by atoms with Gasteiger partial charge in [-0.05, 0) is 53.3 Å². The number of tetrazole rings is 1. The maximum atomic E-state index is 12.3. The maximum absolute atomic E-state index is 12.3. The van der Waals surface area contributed by atoms with Gasteiger partial charge in [-0.2, -0.15) is 5.21 Å². The predicted molar refractivity (Wildman–Crippen MR) is 116 cm³/mol. The Kier molecular flexibility index (Phi) is 4.97. The van der Waals surface area contributed by atoms with E-state index < -0.39 is 5.41 Å². The lowest BCUT2D eigenvalue weighted by Crippen LogP contribution is -2.35. The number of fused-ring (bicyclic) bond motifs is 3. The van der Waals surface area contributed by atoms with E-state index >= 15 is 0 Å². The molecule has 0 radical (unpaired) electrons. The molecule has 1 aliphatic rings. The first-order valence-electron chi connectivity index (χ1n) is 9.81. The summed E-state index contributed by atoms with van der Waals surface area (Å²) in [6.45, 7) is 5.99. The summed E-state index contributed by atoms with van der Waals surface area (Å²) in [6.07, 6.45) is 0.586. The Hall–Kier alpha value is -3.36. The number of nitrogens with one attached hydrogen (secondary N) is 2. The number of hydrogen-bond donors (Lipinski definition) is 4. The number of carbonyl (C=O) groups excluding carboxylic acids is 1. The third kappa shape index (κ3) is 2.92. The van der Waals surface area contributed by atoms with Crippen LogP contribution in [0.4, 0.5) is 0 Å². The SMILES string of the molecule is C=C(NC)c1ccc2c(c1)-c1cc(C(=O)CN)ccc1C2(C[C@H](C)N)c1nn[nH]n1. The molecule has 0 saturated carbocycles. The van der Waals surface area contributed by atoms with E-state index in [1.807, 2.05) is 38.2 Å². The van der Waals surface area contributed by atoms with E-state index in [2.05, 4.69) is 44.7 Å². The van der Waals surface area contributed by atoms with Gasteiger partial charge in [-0.25, -0.2) is 0 Å². The first-order valence-corrected chi connectivity index (χ1v) is 9.81. The van der Waals surface area contributed by atoms with E-state index in [9.17, 15) is 4.79 Å². The van der Waals surface area contributed by atoms with Gasteiger partial charge in [0, 0.05) is 24.4 Å². The summed E-state index contributed by atoms with van der Waals surface area (Å²) in [5, 5.41) is 18.2. The monoisotopic (exact) mass is 403 g/mol. The highest BCUT2D eigenvalue weighted by molar-refractivity contribution is 6.00. The van der Waals surface area contributed by atoms with Gasteiger partial charge in [0.25, 0.3) is 0 Å². The molecule has 3 aromatic rings. The summed E-state index contributed by atoms with van der Waals surface area (Å²) in [4.78, 5) is 12.3. The standard InChI is InChI=1S/C22H25N7O/c1-12(24)10-22(21-26-28-29-27-21)18-6-4-14(13(2)25-3)8-16(18)17-9-15(20(30)11-23)5-7-19(17)22/h4-9,12,25H,2,10-11,23-24H2,1,3H3,(H,26,27,28,29)/t12-,22?/m0/s1. The van der Waals surface area contributed by atoms with E-state index in [4.69, 9.17) is 11.5 Å². The maximum Gasteiger partial charge on any atom is 0.189 e. The van der Waals surface area contributed by atoms with Crippen LogP contribution in [0, 0.1) is 0 Å². The number of Topliss-reactive ketones (excluding diaryl/α,β-unsaturated/α-hetero) is 1. The molecular formula is C22H25N7O. The molecule has 0 aliphatic heterocycles. The van der Waals surface area contributed by atoms with E-state index in [1.165, 1.54) is 0 Å². The molecule has 1 heterocycles.